The van der Waals surface area contributed by atoms with Crippen LogP contribution in [-0.4, -0.2) is 39.1 Å². The molecule has 1 amide bonds. The number of rotatable bonds is 7. The van der Waals surface area contributed by atoms with Gasteiger partial charge in [-0.1, -0.05) is 29.5 Å². The molecule has 7 nitrogen and oxygen atoms in total. The lowest BCUT2D eigenvalue weighted by Crippen LogP contribution is -2.18. The lowest BCUT2D eigenvalue weighted by Gasteiger charge is -2.14. The first kappa shape index (κ1) is 20.7. The van der Waals surface area contributed by atoms with E-state index < -0.39 is 0 Å². The number of carbonyl (C=O) groups excluding carboxylic acids is 1. The van der Waals surface area contributed by atoms with Crippen molar-refractivity contribution < 1.29 is 13.9 Å². The highest BCUT2D eigenvalue weighted by Gasteiger charge is 2.23. The van der Waals surface area contributed by atoms with E-state index in [9.17, 15) is 4.79 Å². The van der Waals surface area contributed by atoms with Crippen LogP contribution in [0.5, 0.6) is 0 Å². The van der Waals surface area contributed by atoms with Gasteiger partial charge in [0, 0.05) is 12.3 Å². The average molecular weight is 427 g/mol. The lowest BCUT2D eigenvalue weighted by atomic mass is 10.1. The molecule has 1 aliphatic rings. The molecule has 0 aliphatic carbocycles. The number of carbonyl (C=O) groups is 1. The molecule has 3 aromatic rings. The largest absolute Gasteiger partial charge is 0.469 e. The van der Waals surface area contributed by atoms with Crippen molar-refractivity contribution in [3.05, 3.63) is 47.4 Å². The Morgan fingerprint density at radius 3 is 2.83 bits per heavy atom. The minimum atomic E-state index is -0.0698. The predicted molar refractivity (Wildman–Crippen MR) is 117 cm³/mol. The zero-order valence-corrected chi connectivity index (χ0v) is 18.3. The highest BCUT2D eigenvalue weighted by atomic mass is 32.2. The van der Waals surface area contributed by atoms with Crippen LogP contribution in [0.25, 0.3) is 11.4 Å². The van der Waals surface area contributed by atoms with Gasteiger partial charge in [0.15, 0.2) is 11.0 Å². The normalized spacial score (nSPS) is 16.2. The summed E-state index contributed by atoms with van der Waals surface area (Å²) >= 11 is 1.38. The molecule has 0 bridgehead atoms. The van der Waals surface area contributed by atoms with Crippen LogP contribution in [0.4, 0.5) is 5.69 Å². The number of aryl methyl sites for hydroxylation is 3. The van der Waals surface area contributed by atoms with Gasteiger partial charge >= 0.3 is 0 Å². The zero-order chi connectivity index (χ0) is 21.1. The monoisotopic (exact) mass is 426 g/mol. The van der Waals surface area contributed by atoms with Crippen molar-refractivity contribution >= 4 is 23.4 Å². The van der Waals surface area contributed by atoms with Crippen LogP contribution in [0, 0.1) is 20.8 Å². The second kappa shape index (κ2) is 9.06. The van der Waals surface area contributed by atoms with Crippen molar-refractivity contribution in [2.45, 2.75) is 51.4 Å². The van der Waals surface area contributed by atoms with E-state index in [4.69, 9.17) is 9.15 Å². The molecule has 158 valence electrons. The summed E-state index contributed by atoms with van der Waals surface area (Å²) in [4.78, 5) is 12.5. The Bertz CT molecular complexity index is 1040. The summed E-state index contributed by atoms with van der Waals surface area (Å²) in [5.41, 5.74) is 3.96. The SMILES string of the molecule is Cc1ccc(NC(=O)CSc2nnc(-c3ccoc3C)n2C[C@H]2CCCO2)c(C)c1. The molecule has 1 atom stereocenters. The third-order valence-electron chi connectivity index (χ3n) is 5.22. The van der Waals surface area contributed by atoms with Crippen LogP contribution >= 0.6 is 11.8 Å². The van der Waals surface area contributed by atoms with Crippen molar-refractivity contribution in [3.63, 3.8) is 0 Å². The Balaban J connectivity index is 1.49. The molecule has 8 heteroatoms. The molecule has 4 rings (SSSR count). The molecule has 0 saturated carbocycles. The fourth-order valence-electron chi connectivity index (χ4n) is 3.64. The van der Waals surface area contributed by atoms with E-state index in [1.54, 1.807) is 6.26 Å². The summed E-state index contributed by atoms with van der Waals surface area (Å²) in [5.74, 6) is 1.72. The van der Waals surface area contributed by atoms with Crippen LogP contribution in [0.15, 0.2) is 40.1 Å². The van der Waals surface area contributed by atoms with E-state index in [1.807, 2.05) is 43.5 Å². The second-order valence-corrected chi connectivity index (χ2v) is 8.54. The molecule has 1 saturated heterocycles. The number of furan rings is 1. The maximum Gasteiger partial charge on any atom is 0.234 e. The summed E-state index contributed by atoms with van der Waals surface area (Å²) < 4.78 is 13.3. The van der Waals surface area contributed by atoms with E-state index in [-0.39, 0.29) is 17.8 Å². The van der Waals surface area contributed by atoms with Gasteiger partial charge in [0.25, 0.3) is 0 Å². The van der Waals surface area contributed by atoms with E-state index >= 15 is 0 Å². The van der Waals surface area contributed by atoms with E-state index in [1.165, 1.54) is 17.3 Å². The molecule has 2 aromatic heterocycles. The number of anilines is 1. The van der Waals surface area contributed by atoms with Crippen LogP contribution in [0.1, 0.15) is 29.7 Å². The smallest absolute Gasteiger partial charge is 0.234 e. The fraction of sp³-hybridized carbons (Fsp3) is 0.409. The molecule has 0 spiro atoms. The Labute approximate surface area is 180 Å². The Morgan fingerprint density at radius 2 is 2.13 bits per heavy atom. The molecule has 0 unspecified atom stereocenters. The van der Waals surface area contributed by atoms with Crippen LogP contribution < -0.4 is 5.32 Å². The van der Waals surface area contributed by atoms with E-state index in [0.29, 0.717) is 11.7 Å². The zero-order valence-electron chi connectivity index (χ0n) is 17.5. The molecule has 0 radical (unpaired) electrons. The molecule has 1 aliphatic heterocycles. The summed E-state index contributed by atoms with van der Waals surface area (Å²) in [6.07, 6.45) is 3.86. The number of ether oxygens (including phenoxy) is 1. The van der Waals surface area contributed by atoms with Crippen LogP contribution in [0.3, 0.4) is 0 Å². The lowest BCUT2D eigenvalue weighted by molar-refractivity contribution is -0.113. The van der Waals surface area contributed by atoms with Gasteiger partial charge in [-0.2, -0.15) is 0 Å². The minimum absolute atomic E-state index is 0.0698. The van der Waals surface area contributed by atoms with Gasteiger partial charge < -0.3 is 14.5 Å². The highest BCUT2D eigenvalue weighted by molar-refractivity contribution is 7.99. The first-order valence-electron chi connectivity index (χ1n) is 10.1. The maximum absolute atomic E-state index is 12.5. The molecular weight excluding hydrogens is 400 g/mol. The first-order valence-corrected chi connectivity index (χ1v) is 11.1. The number of thioether (sulfide) groups is 1. The topological polar surface area (TPSA) is 82.2 Å². The number of aromatic nitrogens is 3. The number of hydrogen-bond acceptors (Lipinski definition) is 6. The first-order chi connectivity index (χ1) is 14.5. The molecule has 30 heavy (non-hydrogen) atoms. The van der Waals surface area contributed by atoms with Crippen LogP contribution in [0.2, 0.25) is 0 Å². The number of amides is 1. The fourth-order valence-corrected chi connectivity index (χ4v) is 4.39. The number of hydrogen-bond donors (Lipinski definition) is 1. The van der Waals surface area contributed by atoms with Crippen molar-refractivity contribution in [2.75, 3.05) is 17.7 Å². The van der Waals surface area contributed by atoms with E-state index in [0.717, 1.165) is 47.8 Å². The summed E-state index contributed by atoms with van der Waals surface area (Å²) in [5, 5.41) is 12.4. The number of nitrogens with zero attached hydrogens (tertiary/aromatic N) is 3. The van der Waals surface area contributed by atoms with Gasteiger partial charge in [-0.05, 0) is 51.3 Å². The molecular formula is C22H26N4O3S. The number of nitrogens with one attached hydrogen (secondary N) is 1. The molecule has 1 aromatic carbocycles. The number of benzene rings is 1. The second-order valence-electron chi connectivity index (χ2n) is 7.60. The van der Waals surface area contributed by atoms with Gasteiger partial charge in [-0.25, -0.2) is 0 Å². The van der Waals surface area contributed by atoms with Gasteiger partial charge in [0.2, 0.25) is 5.91 Å². The van der Waals surface area contributed by atoms with Crippen molar-refractivity contribution in [1.29, 1.82) is 0 Å². The van der Waals surface area contributed by atoms with Gasteiger partial charge in [-0.3, -0.25) is 9.36 Å². The molecule has 1 N–H and O–H groups in total. The third-order valence-corrected chi connectivity index (χ3v) is 6.18. The maximum atomic E-state index is 12.5. The average Bonchev–Trinajstić information content (AvgIpc) is 3.45. The summed E-state index contributed by atoms with van der Waals surface area (Å²) in [6, 6.07) is 7.88. The van der Waals surface area contributed by atoms with Gasteiger partial charge in [0.1, 0.15) is 5.76 Å². The highest BCUT2D eigenvalue weighted by Crippen LogP contribution is 2.29. The molecule has 1 fully saturated rings. The standard InChI is InChI=1S/C22H26N4O3S/c1-14-6-7-19(15(2)11-14)23-20(27)13-30-22-25-24-21(18-8-10-28-16(18)3)26(22)12-17-5-4-9-29-17/h6-8,10-11,17H,4-5,9,12-13H2,1-3H3,(H,23,27)/t17-/m1/s1. The third kappa shape index (κ3) is 4.60. The van der Waals surface area contributed by atoms with Crippen molar-refractivity contribution in [1.82, 2.24) is 14.8 Å². The Morgan fingerprint density at radius 1 is 1.27 bits per heavy atom. The predicted octanol–water partition coefficient (Wildman–Crippen LogP) is 4.37. The van der Waals surface area contributed by atoms with Gasteiger partial charge in [-0.15, -0.1) is 10.2 Å². The summed E-state index contributed by atoms with van der Waals surface area (Å²) in [7, 11) is 0. The quantitative estimate of drug-likeness (QED) is 0.565. The van der Waals surface area contributed by atoms with Crippen LogP contribution in [-0.2, 0) is 16.1 Å². The Kier molecular flexibility index (Phi) is 6.24. The van der Waals surface area contributed by atoms with Crippen molar-refractivity contribution in [3.8, 4) is 11.4 Å². The van der Waals surface area contributed by atoms with Crippen molar-refractivity contribution in [2.24, 2.45) is 0 Å². The molecule has 3 heterocycles. The Hall–Kier alpha value is -2.58. The van der Waals surface area contributed by atoms with E-state index in [2.05, 4.69) is 21.6 Å². The van der Waals surface area contributed by atoms with Gasteiger partial charge in [0.05, 0.1) is 30.2 Å². The minimum Gasteiger partial charge on any atom is -0.469 e. The summed E-state index contributed by atoms with van der Waals surface area (Å²) in [6.45, 7) is 7.38.